The molecule has 1 aliphatic heterocycles. The minimum Gasteiger partial charge on any atom is -0.389 e. The first-order valence-electron chi connectivity index (χ1n) is 3.91. The molecule has 0 aromatic carbocycles. The molecule has 1 aliphatic rings. The first-order valence-corrected chi connectivity index (χ1v) is 3.91. The van der Waals surface area contributed by atoms with Crippen molar-refractivity contribution in [3.63, 3.8) is 0 Å². The van der Waals surface area contributed by atoms with Crippen LogP contribution in [0.4, 0.5) is 0 Å². The van der Waals surface area contributed by atoms with Crippen LogP contribution >= 0.6 is 0 Å². The molecular formula is C7H15NO3. The molecule has 1 rings (SSSR count). The van der Waals surface area contributed by atoms with Crippen LogP contribution in [-0.4, -0.2) is 36.8 Å². The van der Waals surface area contributed by atoms with Crippen molar-refractivity contribution in [1.82, 2.24) is 0 Å². The van der Waals surface area contributed by atoms with E-state index in [0.717, 1.165) is 0 Å². The van der Waals surface area contributed by atoms with E-state index in [0.29, 0.717) is 19.6 Å². The average Bonchev–Trinajstić information content (AvgIpc) is 2.28. The van der Waals surface area contributed by atoms with Gasteiger partial charge in [0.05, 0.1) is 18.8 Å². The Morgan fingerprint density at radius 1 is 1.73 bits per heavy atom. The van der Waals surface area contributed by atoms with Gasteiger partial charge in [-0.1, -0.05) is 0 Å². The summed E-state index contributed by atoms with van der Waals surface area (Å²) in [4.78, 5) is 0. The second kappa shape index (κ2) is 4.01. The van der Waals surface area contributed by atoms with Crippen LogP contribution in [0.3, 0.4) is 0 Å². The summed E-state index contributed by atoms with van der Waals surface area (Å²) in [5, 5.41) is 9.16. The van der Waals surface area contributed by atoms with E-state index >= 15 is 0 Å². The molecule has 3 atom stereocenters. The number of rotatable bonds is 3. The molecule has 0 radical (unpaired) electrons. The first-order chi connectivity index (χ1) is 5.24. The van der Waals surface area contributed by atoms with Gasteiger partial charge in [0.15, 0.2) is 0 Å². The molecule has 1 heterocycles. The fourth-order valence-electron chi connectivity index (χ4n) is 1.13. The van der Waals surface area contributed by atoms with Gasteiger partial charge < -0.3 is 20.3 Å². The Balaban J connectivity index is 2.18. The summed E-state index contributed by atoms with van der Waals surface area (Å²) in [6, 6.07) is 0. The third-order valence-electron chi connectivity index (χ3n) is 1.74. The van der Waals surface area contributed by atoms with E-state index in [1.54, 1.807) is 0 Å². The zero-order valence-electron chi connectivity index (χ0n) is 6.69. The van der Waals surface area contributed by atoms with Crippen molar-refractivity contribution in [2.24, 2.45) is 5.73 Å². The van der Waals surface area contributed by atoms with Crippen molar-refractivity contribution in [3.8, 4) is 0 Å². The van der Waals surface area contributed by atoms with Crippen LogP contribution in [0.1, 0.15) is 13.3 Å². The molecule has 1 fully saturated rings. The average molecular weight is 161 g/mol. The predicted octanol–water partition coefficient (Wildman–Crippen LogP) is -0.542. The molecule has 0 amide bonds. The third kappa shape index (κ3) is 2.41. The highest BCUT2D eigenvalue weighted by molar-refractivity contribution is 4.77. The fourth-order valence-corrected chi connectivity index (χ4v) is 1.13. The minimum atomic E-state index is -0.527. The second-order valence-corrected chi connectivity index (χ2v) is 2.69. The van der Waals surface area contributed by atoms with Gasteiger partial charge in [0.2, 0.25) is 0 Å². The molecule has 4 heteroatoms. The maximum atomic E-state index is 9.16. The number of nitrogens with two attached hydrogens (primary N) is 1. The lowest BCUT2D eigenvalue weighted by Crippen LogP contribution is -2.30. The summed E-state index contributed by atoms with van der Waals surface area (Å²) in [7, 11) is 0. The van der Waals surface area contributed by atoms with Gasteiger partial charge in [-0.15, -0.1) is 0 Å². The topological polar surface area (TPSA) is 64.7 Å². The standard InChI is InChI=1S/C7H15NO3/c1-2-10-4-5-3-6(9)7(8)11-5/h5-7,9H,2-4,8H2,1H3/t5-,6?,7+/m0/s1. The quantitative estimate of drug-likeness (QED) is 0.583. The highest BCUT2D eigenvalue weighted by Crippen LogP contribution is 2.16. The van der Waals surface area contributed by atoms with Crippen LogP contribution in [0.15, 0.2) is 0 Å². The summed E-state index contributed by atoms with van der Waals surface area (Å²) in [5.74, 6) is 0. The van der Waals surface area contributed by atoms with Gasteiger partial charge in [0, 0.05) is 13.0 Å². The van der Waals surface area contributed by atoms with Crippen LogP contribution in [0.5, 0.6) is 0 Å². The van der Waals surface area contributed by atoms with Gasteiger partial charge in [0.25, 0.3) is 0 Å². The molecule has 3 N–H and O–H groups in total. The second-order valence-electron chi connectivity index (χ2n) is 2.69. The monoisotopic (exact) mass is 161 g/mol. The van der Waals surface area contributed by atoms with Gasteiger partial charge in [-0.25, -0.2) is 0 Å². The SMILES string of the molecule is CCOC[C@@H]1CC(O)[C@H](N)O1. The third-order valence-corrected chi connectivity index (χ3v) is 1.74. The van der Waals surface area contributed by atoms with Gasteiger partial charge in [-0.3, -0.25) is 0 Å². The molecule has 66 valence electrons. The first kappa shape index (κ1) is 8.93. The highest BCUT2D eigenvalue weighted by Gasteiger charge is 2.30. The number of hydrogen-bond donors (Lipinski definition) is 2. The van der Waals surface area contributed by atoms with E-state index in [9.17, 15) is 0 Å². The zero-order chi connectivity index (χ0) is 8.27. The summed E-state index contributed by atoms with van der Waals surface area (Å²) in [6.45, 7) is 3.12. The Kier molecular flexibility index (Phi) is 3.26. The minimum absolute atomic E-state index is 0.0278. The van der Waals surface area contributed by atoms with Gasteiger partial charge in [-0.2, -0.15) is 0 Å². The lowest BCUT2D eigenvalue weighted by molar-refractivity contribution is -0.0225. The summed E-state index contributed by atoms with van der Waals surface area (Å²) >= 11 is 0. The maximum absolute atomic E-state index is 9.16. The smallest absolute Gasteiger partial charge is 0.132 e. The molecular weight excluding hydrogens is 146 g/mol. The largest absolute Gasteiger partial charge is 0.389 e. The molecule has 1 saturated heterocycles. The van der Waals surface area contributed by atoms with Gasteiger partial charge in [0.1, 0.15) is 6.23 Å². The van der Waals surface area contributed by atoms with Crippen molar-refractivity contribution in [2.45, 2.75) is 31.8 Å². The molecule has 4 nitrogen and oxygen atoms in total. The van der Waals surface area contributed by atoms with Crippen LogP contribution in [0.25, 0.3) is 0 Å². The zero-order valence-corrected chi connectivity index (χ0v) is 6.69. The lowest BCUT2D eigenvalue weighted by Gasteiger charge is -2.09. The maximum Gasteiger partial charge on any atom is 0.132 e. The molecule has 0 bridgehead atoms. The Morgan fingerprint density at radius 3 is 2.91 bits per heavy atom. The summed E-state index contributed by atoms with van der Waals surface area (Å²) in [5.41, 5.74) is 5.41. The Hall–Kier alpha value is -0.160. The van der Waals surface area contributed by atoms with Gasteiger partial charge >= 0.3 is 0 Å². The van der Waals surface area contributed by atoms with Crippen molar-refractivity contribution in [1.29, 1.82) is 0 Å². The van der Waals surface area contributed by atoms with Gasteiger partial charge in [-0.05, 0) is 6.92 Å². The fraction of sp³-hybridized carbons (Fsp3) is 1.00. The van der Waals surface area contributed by atoms with Crippen molar-refractivity contribution >= 4 is 0 Å². The summed E-state index contributed by atoms with van der Waals surface area (Å²) in [6.07, 6.45) is -0.498. The van der Waals surface area contributed by atoms with E-state index < -0.39 is 12.3 Å². The number of aliphatic hydroxyl groups excluding tert-OH is 1. The van der Waals surface area contributed by atoms with E-state index in [1.165, 1.54) is 0 Å². The van der Waals surface area contributed by atoms with E-state index in [4.69, 9.17) is 20.3 Å². The predicted molar refractivity (Wildman–Crippen MR) is 40.0 cm³/mol. The van der Waals surface area contributed by atoms with Crippen molar-refractivity contribution in [2.75, 3.05) is 13.2 Å². The molecule has 11 heavy (non-hydrogen) atoms. The number of hydrogen-bond acceptors (Lipinski definition) is 4. The van der Waals surface area contributed by atoms with Crippen LogP contribution < -0.4 is 5.73 Å². The Morgan fingerprint density at radius 2 is 2.45 bits per heavy atom. The molecule has 1 unspecified atom stereocenters. The molecule has 0 spiro atoms. The number of ether oxygens (including phenoxy) is 2. The summed E-state index contributed by atoms with van der Waals surface area (Å²) < 4.78 is 10.3. The normalized spacial score (nSPS) is 37.9. The lowest BCUT2D eigenvalue weighted by atomic mass is 10.2. The van der Waals surface area contributed by atoms with Crippen LogP contribution in [-0.2, 0) is 9.47 Å². The highest BCUT2D eigenvalue weighted by atomic mass is 16.6. The van der Waals surface area contributed by atoms with Crippen LogP contribution in [0, 0.1) is 0 Å². The molecule has 0 aliphatic carbocycles. The number of aliphatic hydroxyl groups is 1. The molecule has 0 saturated carbocycles. The molecule has 0 aromatic heterocycles. The van der Waals surface area contributed by atoms with E-state index in [-0.39, 0.29) is 6.10 Å². The van der Waals surface area contributed by atoms with Crippen molar-refractivity contribution < 1.29 is 14.6 Å². The van der Waals surface area contributed by atoms with Crippen LogP contribution in [0.2, 0.25) is 0 Å². The molecule has 0 aromatic rings. The van der Waals surface area contributed by atoms with Crippen molar-refractivity contribution in [3.05, 3.63) is 0 Å². The van der Waals surface area contributed by atoms with E-state index in [1.807, 2.05) is 6.92 Å². The van der Waals surface area contributed by atoms with E-state index in [2.05, 4.69) is 0 Å². The Labute approximate surface area is 66.3 Å². The Bertz CT molecular complexity index is 110.